The van der Waals surface area contributed by atoms with Gasteiger partial charge in [-0.2, -0.15) is 13.9 Å². The highest BCUT2D eigenvalue weighted by atomic mass is 19.3. The lowest BCUT2D eigenvalue weighted by Gasteiger charge is -2.25. The number of carbonyl (C=O) groups is 1. The summed E-state index contributed by atoms with van der Waals surface area (Å²) in [5, 5.41) is 20.3. The number of pyridine rings is 1. The van der Waals surface area contributed by atoms with E-state index >= 15 is 0 Å². The number of alkyl halides is 2. The molecule has 2 aliphatic rings. The molecule has 2 N–H and O–H groups in total. The van der Waals surface area contributed by atoms with Gasteiger partial charge in [0, 0.05) is 31.9 Å². The molecule has 190 valence electrons. The molecule has 0 aromatic carbocycles. The van der Waals surface area contributed by atoms with Crippen LogP contribution in [-0.2, 0) is 17.8 Å². The molecule has 0 unspecified atom stereocenters. The van der Waals surface area contributed by atoms with Crippen LogP contribution >= 0.6 is 0 Å². The number of nitrogens with zero attached hydrogens (tertiary/aromatic N) is 7. The number of halogens is 2. The highest BCUT2D eigenvalue weighted by molar-refractivity contribution is 5.92. The van der Waals surface area contributed by atoms with Crippen molar-refractivity contribution in [1.29, 1.82) is 0 Å². The number of rotatable bonds is 4. The molecule has 0 spiro atoms. The van der Waals surface area contributed by atoms with Crippen LogP contribution in [0.2, 0.25) is 0 Å². The highest BCUT2D eigenvalue weighted by Crippen LogP contribution is 2.26. The Balaban J connectivity index is 0.000000215. The minimum atomic E-state index is -3.10. The number of nitrogens with one attached hydrogen (secondary N) is 1. The summed E-state index contributed by atoms with van der Waals surface area (Å²) in [4.78, 5) is 25.0. The van der Waals surface area contributed by atoms with Crippen molar-refractivity contribution in [3.63, 3.8) is 0 Å². The molecule has 0 saturated heterocycles. The largest absolute Gasteiger partial charge is 0.503 e. The maximum Gasteiger partial charge on any atom is 0.288 e. The summed E-state index contributed by atoms with van der Waals surface area (Å²) in [6, 6.07) is 9.33. The third-order valence-corrected chi connectivity index (χ3v) is 5.71. The van der Waals surface area contributed by atoms with Crippen LogP contribution in [0.1, 0.15) is 12.1 Å². The van der Waals surface area contributed by atoms with Gasteiger partial charge in [-0.25, -0.2) is 15.0 Å². The van der Waals surface area contributed by atoms with Gasteiger partial charge in [0.2, 0.25) is 5.95 Å². The fourth-order valence-corrected chi connectivity index (χ4v) is 4.01. The van der Waals surface area contributed by atoms with Gasteiger partial charge in [0.15, 0.2) is 5.76 Å². The smallest absolute Gasteiger partial charge is 0.288 e. The lowest BCUT2D eigenvalue weighted by Crippen LogP contribution is -2.42. The van der Waals surface area contributed by atoms with Crippen molar-refractivity contribution in [2.75, 3.05) is 18.9 Å². The predicted octanol–water partition coefficient (Wildman–Crippen LogP) is 3.62. The van der Waals surface area contributed by atoms with Gasteiger partial charge in [-0.05, 0) is 31.0 Å². The number of aromatic nitrogens is 6. The maximum atomic E-state index is 12.4. The van der Waals surface area contributed by atoms with E-state index in [0.717, 1.165) is 47.1 Å². The number of hydrogen-bond acceptors (Lipinski definition) is 9. The van der Waals surface area contributed by atoms with Crippen molar-refractivity contribution >= 4 is 17.5 Å². The van der Waals surface area contributed by atoms with Crippen LogP contribution in [0.5, 0.6) is 0 Å². The zero-order chi connectivity index (χ0) is 26.0. The van der Waals surface area contributed by atoms with Crippen LogP contribution in [0.15, 0.2) is 65.3 Å². The standard InChI is InChI=1S/C18H15N7O.C6H7F2NO2/c1-3-12(21-13(4-1)15-7-10-26-24-15)14-6-8-19-18(22-14)23-16-11-20-25-9-2-5-17(16)25;1-9-3-6(7,8)2-4(10)5(9)11/h1,3-4,6-8,10-11H,2,5,9H2,(H,19,22,23);2,10H,3H2,1H3. The van der Waals surface area contributed by atoms with Crippen molar-refractivity contribution in [1.82, 2.24) is 34.8 Å². The van der Waals surface area contributed by atoms with Crippen LogP contribution in [0.3, 0.4) is 0 Å². The number of aliphatic hydroxyl groups excluding tert-OH is 1. The number of likely N-dealkylation sites (N-methyl/N-ethyl adjacent to an activating group) is 1. The van der Waals surface area contributed by atoms with Gasteiger partial charge in [0.25, 0.3) is 11.8 Å². The van der Waals surface area contributed by atoms with Gasteiger partial charge in [-0.15, -0.1) is 0 Å². The maximum absolute atomic E-state index is 12.4. The molecule has 4 aromatic rings. The van der Waals surface area contributed by atoms with E-state index in [0.29, 0.717) is 11.6 Å². The number of fused-ring (bicyclic) bond motifs is 1. The summed E-state index contributed by atoms with van der Waals surface area (Å²) in [6.45, 7) is 0.298. The number of aliphatic hydroxyl groups is 1. The molecular formula is C24H22F2N8O3. The van der Waals surface area contributed by atoms with E-state index in [2.05, 4.69) is 30.5 Å². The molecule has 37 heavy (non-hydrogen) atoms. The van der Waals surface area contributed by atoms with E-state index in [-0.39, 0.29) is 6.08 Å². The number of hydrogen-bond donors (Lipinski definition) is 2. The average molecular weight is 508 g/mol. The lowest BCUT2D eigenvalue weighted by atomic mass is 10.2. The minimum absolute atomic E-state index is 0.273. The SMILES string of the molecule is CN1CC(F)(F)C=C(O)C1=O.c1cc(-c2ccon2)nc(-c2ccnc(Nc3cnn4c3CCC4)n2)c1. The Morgan fingerprint density at radius 3 is 2.65 bits per heavy atom. The number of aryl methyl sites for hydroxylation is 1. The van der Waals surface area contributed by atoms with E-state index in [1.807, 2.05) is 35.1 Å². The van der Waals surface area contributed by atoms with E-state index in [1.54, 1.807) is 12.3 Å². The van der Waals surface area contributed by atoms with Crippen LogP contribution < -0.4 is 5.32 Å². The molecule has 0 radical (unpaired) electrons. The number of anilines is 2. The highest BCUT2D eigenvalue weighted by Gasteiger charge is 2.37. The first kappa shape index (κ1) is 24.0. The Morgan fingerprint density at radius 1 is 1.11 bits per heavy atom. The molecule has 2 aliphatic heterocycles. The predicted molar refractivity (Wildman–Crippen MR) is 128 cm³/mol. The zero-order valence-corrected chi connectivity index (χ0v) is 19.7. The molecule has 6 heterocycles. The van der Waals surface area contributed by atoms with Gasteiger partial charge in [0.1, 0.15) is 12.0 Å². The van der Waals surface area contributed by atoms with Crippen molar-refractivity contribution in [3.05, 3.63) is 66.5 Å². The molecule has 4 aromatic heterocycles. The third-order valence-electron chi connectivity index (χ3n) is 5.71. The summed E-state index contributed by atoms with van der Waals surface area (Å²) in [6.07, 6.45) is 7.49. The summed E-state index contributed by atoms with van der Waals surface area (Å²) in [5.41, 5.74) is 5.07. The van der Waals surface area contributed by atoms with Crippen molar-refractivity contribution in [2.24, 2.45) is 0 Å². The Hall–Kier alpha value is -4.68. The van der Waals surface area contributed by atoms with Gasteiger partial charge in [-0.1, -0.05) is 11.2 Å². The van der Waals surface area contributed by atoms with Gasteiger partial charge in [0.05, 0.1) is 41.2 Å². The molecule has 0 aliphatic carbocycles. The molecule has 13 heteroatoms. The zero-order valence-electron chi connectivity index (χ0n) is 19.7. The normalized spacial score (nSPS) is 16.0. The van der Waals surface area contributed by atoms with Gasteiger partial charge >= 0.3 is 0 Å². The Morgan fingerprint density at radius 2 is 1.89 bits per heavy atom. The summed E-state index contributed by atoms with van der Waals surface area (Å²) >= 11 is 0. The van der Waals surface area contributed by atoms with Crippen LogP contribution in [0.25, 0.3) is 22.8 Å². The van der Waals surface area contributed by atoms with Crippen LogP contribution in [-0.4, -0.2) is 65.3 Å². The summed E-state index contributed by atoms with van der Waals surface area (Å²) in [7, 11) is 1.21. The molecule has 0 fully saturated rings. The quantitative estimate of drug-likeness (QED) is 0.424. The molecule has 6 rings (SSSR count). The van der Waals surface area contributed by atoms with E-state index < -0.39 is 24.1 Å². The lowest BCUT2D eigenvalue weighted by molar-refractivity contribution is -0.134. The molecular weight excluding hydrogens is 486 g/mol. The molecule has 1 amide bonds. The van der Waals surface area contributed by atoms with E-state index in [4.69, 9.17) is 9.63 Å². The first-order valence-corrected chi connectivity index (χ1v) is 11.4. The Labute approximate surface area is 209 Å². The molecule has 11 nitrogen and oxygen atoms in total. The third kappa shape index (κ3) is 5.29. The van der Waals surface area contributed by atoms with Crippen molar-refractivity contribution in [3.8, 4) is 22.8 Å². The minimum Gasteiger partial charge on any atom is -0.503 e. The number of carbonyl (C=O) groups excluding carboxylic acids is 1. The fraction of sp³-hybridized carbons (Fsp3) is 0.250. The second kappa shape index (κ2) is 9.76. The van der Waals surface area contributed by atoms with Crippen molar-refractivity contribution < 1.29 is 23.2 Å². The second-order valence-corrected chi connectivity index (χ2v) is 8.47. The second-order valence-electron chi connectivity index (χ2n) is 8.47. The van der Waals surface area contributed by atoms with Crippen LogP contribution in [0.4, 0.5) is 20.4 Å². The van der Waals surface area contributed by atoms with Crippen LogP contribution in [0, 0.1) is 0 Å². The Bertz CT molecular complexity index is 1450. The van der Waals surface area contributed by atoms with Gasteiger partial charge < -0.3 is 19.8 Å². The number of amides is 1. The van der Waals surface area contributed by atoms with Gasteiger partial charge in [-0.3, -0.25) is 9.48 Å². The van der Waals surface area contributed by atoms with E-state index in [9.17, 15) is 13.6 Å². The summed E-state index contributed by atoms with van der Waals surface area (Å²) in [5.74, 6) is -4.23. The molecule has 0 atom stereocenters. The molecule has 0 bridgehead atoms. The first-order chi connectivity index (χ1) is 17.8. The Kier molecular flexibility index (Phi) is 6.34. The topological polar surface area (TPSA) is 135 Å². The summed E-state index contributed by atoms with van der Waals surface area (Å²) < 4.78 is 31.8. The first-order valence-electron chi connectivity index (χ1n) is 11.4. The van der Waals surface area contributed by atoms with Crippen molar-refractivity contribution in [2.45, 2.75) is 25.3 Å². The average Bonchev–Trinajstić information content (AvgIpc) is 3.63. The van der Waals surface area contributed by atoms with E-state index in [1.165, 1.54) is 19.0 Å². The fourth-order valence-electron chi connectivity index (χ4n) is 4.01. The monoisotopic (exact) mass is 508 g/mol. The molecule has 0 saturated carbocycles.